The van der Waals surface area contributed by atoms with Gasteiger partial charge < -0.3 is 8.94 Å². The van der Waals surface area contributed by atoms with Crippen LogP contribution >= 0.6 is 0 Å². The highest BCUT2D eigenvalue weighted by atomic mass is 32.2. The lowest BCUT2D eigenvalue weighted by Gasteiger charge is -2.23. The van der Waals surface area contributed by atoms with Crippen LogP contribution in [0.25, 0.3) is 11.0 Å². The molecule has 2 aromatic heterocycles. The zero-order valence-corrected chi connectivity index (χ0v) is 21.3. The van der Waals surface area contributed by atoms with Gasteiger partial charge in [-0.3, -0.25) is 14.5 Å². The number of halogens is 1. The van der Waals surface area contributed by atoms with Crippen molar-refractivity contribution in [2.45, 2.75) is 43.5 Å². The second-order valence-electron chi connectivity index (χ2n) is 9.58. The lowest BCUT2D eigenvalue weighted by molar-refractivity contribution is 0.0969. The monoisotopic (exact) mass is 537 g/mol. The zero-order valence-electron chi connectivity index (χ0n) is 20.5. The molecule has 1 unspecified atom stereocenters. The molecule has 2 aliphatic rings. The number of aromatic nitrogens is 1. The highest BCUT2D eigenvalue weighted by molar-refractivity contribution is 7.89. The van der Waals surface area contributed by atoms with E-state index in [0.717, 1.165) is 37.8 Å². The Hall–Kier alpha value is -3.83. The van der Waals surface area contributed by atoms with Gasteiger partial charge in [-0.1, -0.05) is 30.1 Å². The first-order valence-corrected chi connectivity index (χ1v) is 13.8. The predicted molar refractivity (Wildman–Crippen MR) is 136 cm³/mol. The van der Waals surface area contributed by atoms with Crippen LogP contribution in [0.2, 0.25) is 0 Å². The van der Waals surface area contributed by atoms with E-state index in [1.165, 1.54) is 27.4 Å². The van der Waals surface area contributed by atoms with E-state index in [-0.39, 0.29) is 33.0 Å². The molecule has 2 aromatic carbocycles. The van der Waals surface area contributed by atoms with E-state index in [0.29, 0.717) is 24.4 Å². The normalized spacial score (nSPS) is 18.6. The van der Waals surface area contributed by atoms with Gasteiger partial charge in [0.15, 0.2) is 11.2 Å². The van der Waals surface area contributed by atoms with Crippen LogP contribution in [0.1, 0.15) is 59.2 Å². The van der Waals surface area contributed by atoms with Crippen molar-refractivity contribution in [1.29, 1.82) is 0 Å². The van der Waals surface area contributed by atoms with Crippen molar-refractivity contribution < 1.29 is 26.5 Å². The number of hydrogen-bond acceptors (Lipinski definition) is 7. The number of hydrogen-bond donors (Lipinski definition) is 0. The molecule has 196 valence electrons. The molecule has 4 aromatic rings. The predicted octanol–water partition coefficient (Wildman–Crippen LogP) is 4.54. The Morgan fingerprint density at radius 3 is 2.34 bits per heavy atom. The number of nitrogens with zero attached hydrogens (tertiary/aromatic N) is 3. The van der Waals surface area contributed by atoms with Crippen LogP contribution in [0, 0.1) is 12.7 Å². The molecule has 0 saturated carbocycles. The zero-order chi connectivity index (χ0) is 26.6. The Bertz CT molecular complexity index is 1720. The third-order valence-corrected chi connectivity index (χ3v) is 9.01. The van der Waals surface area contributed by atoms with Crippen LogP contribution in [0.3, 0.4) is 0 Å². The maximum atomic E-state index is 14.0. The molecule has 1 amide bonds. The summed E-state index contributed by atoms with van der Waals surface area (Å²) in [6.45, 7) is 2.61. The minimum absolute atomic E-state index is 0.0000878. The summed E-state index contributed by atoms with van der Waals surface area (Å²) < 4.78 is 53.1. The minimum Gasteiger partial charge on any atom is -0.450 e. The average molecular weight is 538 g/mol. The van der Waals surface area contributed by atoms with Gasteiger partial charge >= 0.3 is 0 Å². The number of anilines is 1. The number of carbonyl (C=O) groups excluding carboxylic acids is 1. The third-order valence-electron chi connectivity index (χ3n) is 7.09. The van der Waals surface area contributed by atoms with Crippen molar-refractivity contribution in [2.24, 2.45) is 0 Å². The number of carbonyl (C=O) groups is 1. The molecule has 4 heterocycles. The van der Waals surface area contributed by atoms with E-state index in [1.54, 1.807) is 25.1 Å². The molecule has 38 heavy (non-hydrogen) atoms. The Labute approximate surface area is 217 Å². The molecule has 0 radical (unpaired) electrons. The fourth-order valence-electron chi connectivity index (χ4n) is 5.22. The van der Waals surface area contributed by atoms with Gasteiger partial charge in [-0.25, -0.2) is 12.8 Å². The van der Waals surface area contributed by atoms with Gasteiger partial charge in [-0.05, 0) is 55.7 Å². The van der Waals surface area contributed by atoms with E-state index in [4.69, 9.17) is 8.94 Å². The highest BCUT2D eigenvalue weighted by Crippen LogP contribution is 2.41. The topological polar surface area (TPSA) is 114 Å². The first-order valence-electron chi connectivity index (χ1n) is 12.4. The number of amides is 1. The van der Waals surface area contributed by atoms with Gasteiger partial charge in [0, 0.05) is 19.2 Å². The summed E-state index contributed by atoms with van der Waals surface area (Å²) >= 11 is 0. The van der Waals surface area contributed by atoms with Gasteiger partial charge in [-0.2, -0.15) is 4.31 Å². The summed E-state index contributed by atoms with van der Waals surface area (Å²) in [4.78, 5) is 28.6. The quantitative estimate of drug-likeness (QED) is 0.375. The van der Waals surface area contributed by atoms with Crippen molar-refractivity contribution in [2.75, 3.05) is 18.0 Å². The Kier molecular flexibility index (Phi) is 5.92. The standard InChI is InChI=1S/C27H24FN3O6S/c1-16-14-22(29-37-16)31-24(23-25(32)20-15-18(28)8-11-21(20)36-26(23)27(31)33)17-6-9-19(10-7-17)38(34,35)30-12-4-2-3-5-13-30/h6-11,14-15,24H,2-5,12-13H2,1H3. The van der Waals surface area contributed by atoms with E-state index in [2.05, 4.69) is 5.16 Å². The van der Waals surface area contributed by atoms with Crippen molar-refractivity contribution in [1.82, 2.24) is 9.46 Å². The van der Waals surface area contributed by atoms with Crippen molar-refractivity contribution in [3.8, 4) is 0 Å². The van der Waals surface area contributed by atoms with Crippen molar-refractivity contribution >= 4 is 32.7 Å². The Morgan fingerprint density at radius 2 is 1.68 bits per heavy atom. The summed E-state index contributed by atoms with van der Waals surface area (Å²) in [7, 11) is -3.70. The molecule has 11 heteroatoms. The van der Waals surface area contributed by atoms with E-state index in [9.17, 15) is 22.4 Å². The number of rotatable bonds is 4. The molecule has 1 saturated heterocycles. The molecule has 0 aliphatic carbocycles. The van der Waals surface area contributed by atoms with Crippen LogP contribution < -0.4 is 10.3 Å². The van der Waals surface area contributed by atoms with Gasteiger partial charge in [0.25, 0.3) is 5.91 Å². The molecule has 9 nitrogen and oxygen atoms in total. The van der Waals surface area contributed by atoms with Gasteiger partial charge in [0.05, 0.1) is 21.9 Å². The summed E-state index contributed by atoms with van der Waals surface area (Å²) in [6, 6.07) is 10.2. The maximum Gasteiger partial charge on any atom is 0.296 e. The maximum absolute atomic E-state index is 14.0. The van der Waals surface area contributed by atoms with Crippen molar-refractivity contribution in [3.63, 3.8) is 0 Å². The van der Waals surface area contributed by atoms with Crippen LogP contribution in [0.4, 0.5) is 10.2 Å². The molecule has 0 N–H and O–H groups in total. The lowest BCUT2D eigenvalue weighted by atomic mass is 9.98. The second kappa shape index (κ2) is 9.17. The first-order chi connectivity index (χ1) is 18.3. The molecular weight excluding hydrogens is 513 g/mol. The largest absolute Gasteiger partial charge is 0.450 e. The van der Waals surface area contributed by atoms with E-state index in [1.807, 2.05) is 0 Å². The fraction of sp³-hybridized carbons (Fsp3) is 0.296. The van der Waals surface area contributed by atoms with Crippen LogP contribution in [-0.4, -0.2) is 36.9 Å². The lowest BCUT2D eigenvalue weighted by Crippen LogP contribution is -2.32. The van der Waals surface area contributed by atoms with Crippen LogP contribution in [0.15, 0.2) is 67.2 Å². The smallest absolute Gasteiger partial charge is 0.296 e. The minimum atomic E-state index is -3.70. The molecule has 1 fully saturated rings. The Morgan fingerprint density at radius 1 is 0.974 bits per heavy atom. The summed E-state index contributed by atoms with van der Waals surface area (Å²) in [6.07, 6.45) is 3.63. The molecule has 1 atom stereocenters. The van der Waals surface area contributed by atoms with Crippen LogP contribution in [0.5, 0.6) is 0 Å². The van der Waals surface area contributed by atoms with E-state index >= 15 is 0 Å². The Balaban J connectivity index is 1.48. The van der Waals surface area contributed by atoms with Crippen LogP contribution in [-0.2, 0) is 10.0 Å². The van der Waals surface area contributed by atoms with Crippen molar-refractivity contribution in [3.05, 3.63) is 87.2 Å². The molecule has 0 bridgehead atoms. The highest BCUT2D eigenvalue weighted by Gasteiger charge is 2.45. The van der Waals surface area contributed by atoms with Gasteiger partial charge in [0.2, 0.25) is 15.8 Å². The molecule has 6 rings (SSSR count). The van der Waals surface area contributed by atoms with E-state index < -0.39 is 33.2 Å². The van der Waals surface area contributed by atoms with Gasteiger partial charge in [0.1, 0.15) is 17.2 Å². The fourth-order valence-corrected chi connectivity index (χ4v) is 6.73. The molecular formula is C27H24FN3O6S. The number of benzene rings is 2. The average Bonchev–Trinajstić information content (AvgIpc) is 3.31. The summed E-state index contributed by atoms with van der Waals surface area (Å²) in [5, 5.41) is 3.97. The SMILES string of the molecule is Cc1cc(N2C(=O)c3oc4ccc(F)cc4c(=O)c3C2c2ccc(S(=O)(=O)N3CCCCCC3)cc2)no1. The van der Waals surface area contributed by atoms with Gasteiger partial charge in [-0.15, -0.1) is 0 Å². The summed E-state index contributed by atoms with van der Waals surface area (Å²) in [5.41, 5.74) is 0.0231. The molecule has 0 spiro atoms. The third kappa shape index (κ3) is 3.93. The first kappa shape index (κ1) is 24.5. The second-order valence-corrected chi connectivity index (χ2v) is 11.5. The summed E-state index contributed by atoms with van der Waals surface area (Å²) in [5.74, 6) is -0.783. The number of aryl methyl sites for hydroxylation is 1. The number of sulfonamides is 1. The molecule has 2 aliphatic heterocycles. The number of fused-ring (bicyclic) bond motifs is 2.